The molecule has 0 saturated carbocycles. The van der Waals surface area contributed by atoms with Crippen LogP contribution in [0.25, 0.3) is 31.7 Å². The molecule has 1 aliphatic carbocycles. The van der Waals surface area contributed by atoms with Crippen LogP contribution in [0.15, 0.2) is 30.3 Å². The van der Waals surface area contributed by atoms with Gasteiger partial charge in [0.1, 0.15) is 4.83 Å². The smallest absolute Gasteiger partial charge is 0.397 e. The highest BCUT2D eigenvalue weighted by atomic mass is 32.1. The topological polar surface area (TPSA) is 54.7 Å². The van der Waals surface area contributed by atoms with E-state index in [1.165, 1.54) is 29.4 Å². The Balaban J connectivity index is 1.65. The summed E-state index contributed by atoms with van der Waals surface area (Å²) in [6.07, 6.45) is -0.0248. The van der Waals surface area contributed by atoms with E-state index in [0.717, 1.165) is 63.3 Å². The first-order chi connectivity index (χ1) is 12.9. The predicted octanol–water partition coefficient (Wildman–Crippen LogP) is 5.92. The lowest BCUT2D eigenvalue weighted by Crippen LogP contribution is -2.04. The molecule has 0 radical (unpaired) electrons. The fourth-order valence-electron chi connectivity index (χ4n) is 3.79. The number of thiophene rings is 1. The van der Waals surface area contributed by atoms with E-state index in [2.05, 4.69) is 11.1 Å². The van der Waals surface area contributed by atoms with Gasteiger partial charge in [0.05, 0.1) is 21.8 Å². The van der Waals surface area contributed by atoms with Crippen molar-refractivity contribution in [1.29, 1.82) is 0 Å². The van der Waals surface area contributed by atoms with Crippen LogP contribution in [0.4, 0.5) is 18.9 Å². The van der Waals surface area contributed by atoms with Gasteiger partial charge in [0.25, 0.3) is 0 Å². The number of nitrogens with two attached hydrogens (primary N) is 1. The molecule has 3 aromatic heterocycles. The molecule has 7 heteroatoms. The molecule has 0 amide bonds. The zero-order valence-corrected chi connectivity index (χ0v) is 15.1. The van der Waals surface area contributed by atoms with E-state index in [1.54, 1.807) is 0 Å². The summed E-state index contributed by atoms with van der Waals surface area (Å²) in [5.41, 5.74) is 9.95. The molecule has 4 aromatic rings. The maximum absolute atomic E-state index is 13.0. The van der Waals surface area contributed by atoms with Crippen molar-refractivity contribution in [3.05, 3.63) is 47.2 Å². The molecule has 0 bridgehead atoms. The molecular formula is C20H16F3N3S. The molecule has 27 heavy (non-hydrogen) atoms. The Morgan fingerprint density at radius 2 is 1.89 bits per heavy atom. The summed E-state index contributed by atoms with van der Waals surface area (Å²) >= 11 is 1.49. The van der Waals surface area contributed by atoms with E-state index >= 15 is 0 Å². The number of aromatic amines is 1. The zero-order chi connectivity index (χ0) is 18.8. The minimum absolute atomic E-state index is 0.448. The molecule has 1 aliphatic rings. The average molecular weight is 387 g/mol. The third kappa shape index (κ3) is 2.68. The van der Waals surface area contributed by atoms with Gasteiger partial charge in [-0.05, 0) is 55.5 Å². The number of nitrogen functional groups attached to an aromatic ring is 1. The Hall–Kier alpha value is -2.54. The first-order valence-electron chi connectivity index (χ1n) is 8.81. The number of nitrogens with zero attached hydrogens (tertiary/aromatic N) is 1. The van der Waals surface area contributed by atoms with Gasteiger partial charge in [0, 0.05) is 22.0 Å². The second kappa shape index (κ2) is 5.73. The molecule has 5 rings (SSSR count). The summed E-state index contributed by atoms with van der Waals surface area (Å²) in [5, 5.41) is 1.66. The quantitative estimate of drug-likeness (QED) is 0.426. The highest BCUT2D eigenvalue weighted by Gasteiger charge is 2.30. The molecule has 3 N–H and O–H groups in total. The summed E-state index contributed by atoms with van der Waals surface area (Å²) in [6, 6.07) is 7.70. The van der Waals surface area contributed by atoms with Crippen LogP contribution in [-0.2, 0) is 19.0 Å². The number of anilines is 1. The van der Waals surface area contributed by atoms with Gasteiger partial charge < -0.3 is 10.7 Å². The van der Waals surface area contributed by atoms with Crippen LogP contribution < -0.4 is 5.73 Å². The number of H-pyrrole nitrogens is 1. The number of halogens is 3. The fourth-order valence-corrected chi connectivity index (χ4v) is 4.85. The Bertz CT molecular complexity index is 1190. The number of alkyl halides is 3. The van der Waals surface area contributed by atoms with Gasteiger partial charge in [-0.2, -0.15) is 13.2 Å². The largest absolute Gasteiger partial charge is 0.416 e. The number of aryl methyl sites for hydroxylation is 2. The van der Waals surface area contributed by atoms with Crippen molar-refractivity contribution in [2.24, 2.45) is 0 Å². The number of hydrogen-bond donors (Lipinski definition) is 2. The maximum atomic E-state index is 13.0. The van der Waals surface area contributed by atoms with Crippen molar-refractivity contribution in [2.45, 2.75) is 31.9 Å². The molecule has 3 nitrogen and oxygen atoms in total. The third-order valence-electron chi connectivity index (χ3n) is 5.19. The van der Waals surface area contributed by atoms with Crippen LogP contribution in [-0.4, -0.2) is 9.97 Å². The number of fused-ring (bicyclic) bond motifs is 3. The van der Waals surface area contributed by atoms with E-state index in [-0.39, 0.29) is 0 Å². The number of aromatic nitrogens is 2. The van der Waals surface area contributed by atoms with E-state index in [4.69, 9.17) is 10.7 Å². The molecule has 1 aromatic carbocycles. The van der Waals surface area contributed by atoms with Crippen molar-refractivity contribution in [3.63, 3.8) is 0 Å². The second-order valence-electron chi connectivity index (χ2n) is 6.98. The van der Waals surface area contributed by atoms with E-state index in [0.29, 0.717) is 11.2 Å². The summed E-state index contributed by atoms with van der Waals surface area (Å²) < 4.78 is 38.9. The summed E-state index contributed by atoms with van der Waals surface area (Å²) in [6.45, 7) is 0. The number of pyridine rings is 1. The molecule has 0 spiro atoms. The molecule has 3 heterocycles. The molecule has 0 fully saturated rings. The van der Waals surface area contributed by atoms with Crippen molar-refractivity contribution >= 4 is 38.1 Å². The minimum Gasteiger partial charge on any atom is -0.397 e. The lowest BCUT2D eigenvalue weighted by molar-refractivity contribution is -0.137. The standard InChI is InChI=1S/C20H16F3N3S/c21-20(22,23)12-6-5-11-8-16(25-15(11)9-12)18-17(24)13-7-10-3-1-2-4-14(10)26-19(13)27-18/h5-9,25H,1-4,24H2. The normalized spacial score (nSPS) is 14.8. The first kappa shape index (κ1) is 16.6. The van der Waals surface area contributed by atoms with Gasteiger partial charge in [-0.15, -0.1) is 11.3 Å². The van der Waals surface area contributed by atoms with Crippen molar-refractivity contribution in [1.82, 2.24) is 9.97 Å². The lowest BCUT2D eigenvalue weighted by Gasteiger charge is -2.14. The first-order valence-corrected chi connectivity index (χ1v) is 9.63. The highest BCUT2D eigenvalue weighted by Crippen LogP contribution is 2.42. The van der Waals surface area contributed by atoms with Gasteiger partial charge in [-0.3, -0.25) is 0 Å². The summed E-state index contributed by atoms with van der Waals surface area (Å²) in [7, 11) is 0. The second-order valence-corrected chi connectivity index (χ2v) is 7.98. The van der Waals surface area contributed by atoms with E-state index < -0.39 is 11.7 Å². The van der Waals surface area contributed by atoms with Gasteiger partial charge in [-0.1, -0.05) is 6.07 Å². The van der Waals surface area contributed by atoms with Crippen LogP contribution in [0, 0.1) is 0 Å². The summed E-state index contributed by atoms with van der Waals surface area (Å²) in [5.74, 6) is 0. The van der Waals surface area contributed by atoms with Gasteiger partial charge in [0.15, 0.2) is 0 Å². The third-order valence-corrected chi connectivity index (χ3v) is 6.34. The zero-order valence-electron chi connectivity index (χ0n) is 14.3. The van der Waals surface area contributed by atoms with E-state index in [1.807, 2.05) is 6.07 Å². The van der Waals surface area contributed by atoms with Gasteiger partial charge in [-0.25, -0.2) is 4.98 Å². The fraction of sp³-hybridized carbons (Fsp3) is 0.250. The van der Waals surface area contributed by atoms with Crippen LogP contribution in [0.3, 0.4) is 0 Å². The minimum atomic E-state index is -4.36. The van der Waals surface area contributed by atoms with Crippen LogP contribution >= 0.6 is 11.3 Å². The SMILES string of the molecule is Nc1c(-c2cc3ccc(C(F)(F)F)cc3[nH]2)sc2nc3c(cc12)CCCC3. The predicted molar refractivity (Wildman–Crippen MR) is 103 cm³/mol. The van der Waals surface area contributed by atoms with Gasteiger partial charge in [0.2, 0.25) is 0 Å². The molecular weight excluding hydrogens is 371 g/mol. The van der Waals surface area contributed by atoms with Crippen molar-refractivity contribution in [3.8, 4) is 10.6 Å². The number of benzene rings is 1. The highest BCUT2D eigenvalue weighted by molar-refractivity contribution is 7.22. The number of hydrogen-bond acceptors (Lipinski definition) is 3. The van der Waals surface area contributed by atoms with Crippen LogP contribution in [0.2, 0.25) is 0 Å². The van der Waals surface area contributed by atoms with Gasteiger partial charge >= 0.3 is 6.18 Å². The van der Waals surface area contributed by atoms with E-state index in [9.17, 15) is 13.2 Å². The monoisotopic (exact) mass is 387 g/mol. The van der Waals surface area contributed by atoms with Crippen LogP contribution in [0.5, 0.6) is 0 Å². The van der Waals surface area contributed by atoms with Crippen LogP contribution in [0.1, 0.15) is 29.7 Å². The number of nitrogens with one attached hydrogen (secondary N) is 1. The van der Waals surface area contributed by atoms with Crippen molar-refractivity contribution in [2.75, 3.05) is 5.73 Å². The molecule has 0 aliphatic heterocycles. The maximum Gasteiger partial charge on any atom is 0.416 e. The van der Waals surface area contributed by atoms with Crippen molar-refractivity contribution < 1.29 is 13.2 Å². The molecule has 0 saturated heterocycles. The Kier molecular flexibility index (Phi) is 3.53. The average Bonchev–Trinajstić information content (AvgIpc) is 3.19. The lowest BCUT2D eigenvalue weighted by atomic mass is 9.95. The Labute approximate surface area is 157 Å². The molecule has 138 valence electrons. The summed E-state index contributed by atoms with van der Waals surface area (Å²) in [4.78, 5) is 9.61. The molecule has 0 unspecified atom stereocenters. The Morgan fingerprint density at radius 1 is 1.07 bits per heavy atom. The number of rotatable bonds is 1. The molecule has 0 atom stereocenters. The Morgan fingerprint density at radius 3 is 2.70 bits per heavy atom.